The molecule has 0 saturated carbocycles. The maximum Gasteiger partial charge on any atom is 0.0667 e. The van der Waals surface area contributed by atoms with Crippen LogP contribution in [0, 0.1) is 0 Å². The second kappa shape index (κ2) is 3.27. The summed E-state index contributed by atoms with van der Waals surface area (Å²) in [5.74, 6) is 0. The summed E-state index contributed by atoms with van der Waals surface area (Å²) < 4.78 is 0. The zero-order chi connectivity index (χ0) is 10.0. The molecule has 0 fully saturated rings. The third-order valence-corrected chi connectivity index (χ3v) is 2.47. The van der Waals surface area contributed by atoms with Gasteiger partial charge < -0.3 is 5.73 Å². The lowest BCUT2D eigenvalue weighted by molar-refractivity contribution is 0.603. The molecule has 0 saturated heterocycles. The van der Waals surface area contributed by atoms with Crippen molar-refractivity contribution in [3.63, 3.8) is 0 Å². The number of hydrogen-bond acceptors (Lipinski definition) is 2. The van der Waals surface area contributed by atoms with Crippen molar-refractivity contribution in [2.75, 3.05) is 0 Å². The van der Waals surface area contributed by atoms with Crippen molar-refractivity contribution in [3.8, 4) is 0 Å². The maximum absolute atomic E-state index is 6.24. The number of nitrogens with one attached hydrogen (secondary N) is 1. The molecule has 3 heteroatoms. The monoisotopic (exact) mass is 187 g/mol. The van der Waals surface area contributed by atoms with E-state index >= 15 is 0 Å². The first-order valence-corrected chi connectivity index (χ1v) is 4.55. The molecule has 1 unspecified atom stereocenters. The molecule has 3 nitrogen and oxygen atoms in total. The molecule has 0 aliphatic heterocycles. The molecule has 1 aromatic carbocycles. The number of benzene rings is 1. The highest BCUT2D eigenvalue weighted by Gasteiger charge is 2.23. The van der Waals surface area contributed by atoms with Crippen molar-refractivity contribution in [2.45, 2.75) is 12.5 Å². The minimum absolute atomic E-state index is 0.478. The average Bonchev–Trinajstić information content (AvgIpc) is 2.72. The third kappa shape index (κ3) is 1.42. The van der Waals surface area contributed by atoms with Gasteiger partial charge in [0.1, 0.15) is 0 Å². The summed E-state index contributed by atoms with van der Waals surface area (Å²) >= 11 is 0. The summed E-state index contributed by atoms with van der Waals surface area (Å²) in [6.45, 7) is 1.98. The van der Waals surface area contributed by atoms with Crippen molar-refractivity contribution in [3.05, 3.63) is 53.9 Å². The van der Waals surface area contributed by atoms with E-state index in [1.54, 1.807) is 6.20 Å². The Morgan fingerprint density at radius 1 is 1.21 bits per heavy atom. The first-order chi connectivity index (χ1) is 6.71. The summed E-state index contributed by atoms with van der Waals surface area (Å²) in [6, 6.07) is 10.00. The molecule has 0 bridgehead atoms. The smallest absolute Gasteiger partial charge is 0.0667 e. The minimum atomic E-state index is -0.478. The molecular weight excluding hydrogens is 174 g/mol. The Kier molecular flexibility index (Phi) is 2.09. The summed E-state index contributed by atoms with van der Waals surface area (Å²) in [5.41, 5.74) is 7.84. The molecule has 0 aliphatic rings. The van der Waals surface area contributed by atoms with Crippen LogP contribution < -0.4 is 5.73 Å². The molecule has 72 valence electrons. The lowest BCUT2D eigenvalue weighted by Gasteiger charge is -2.23. The lowest BCUT2D eigenvalue weighted by atomic mass is 9.88. The number of H-pyrrole nitrogens is 1. The van der Waals surface area contributed by atoms with E-state index in [2.05, 4.69) is 10.2 Å². The van der Waals surface area contributed by atoms with Gasteiger partial charge in [0, 0.05) is 11.8 Å². The molecule has 14 heavy (non-hydrogen) atoms. The van der Waals surface area contributed by atoms with Crippen LogP contribution in [0.5, 0.6) is 0 Å². The SMILES string of the molecule is CC(N)(c1ccccc1)c1cn[nH]c1. The molecule has 1 aromatic heterocycles. The Labute approximate surface area is 83.0 Å². The van der Waals surface area contributed by atoms with Crippen LogP contribution in [-0.4, -0.2) is 10.2 Å². The highest BCUT2D eigenvalue weighted by Crippen LogP contribution is 2.24. The number of rotatable bonds is 2. The fraction of sp³-hybridized carbons (Fsp3) is 0.182. The average molecular weight is 187 g/mol. The van der Waals surface area contributed by atoms with Crippen LogP contribution in [0.1, 0.15) is 18.1 Å². The van der Waals surface area contributed by atoms with Crippen LogP contribution >= 0.6 is 0 Å². The Bertz CT molecular complexity index is 390. The van der Waals surface area contributed by atoms with Crippen LogP contribution in [0.3, 0.4) is 0 Å². The quantitative estimate of drug-likeness (QED) is 0.750. The van der Waals surface area contributed by atoms with E-state index in [9.17, 15) is 0 Å². The Balaban J connectivity index is 2.43. The van der Waals surface area contributed by atoms with Gasteiger partial charge in [0.2, 0.25) is 0 Å². The fourth-order valence-electron chi connectivity index (χ4n) is 1.49. The van der Waals surface area contributed by atoms with Crippen molar-refractivity contribution >= 4 is 0 Å². The molecule has 1 atom stereocenters. The van der Waals surface area contributed by atoms with Gasteiger partial charge in [0.05, 0.1) is 11.7 Å². The van der Waals surface area contributed by atoms with E-state index in [1.807, 2.05) is 43.5 Å². The van der Waals surface area contributed by atoms with Crippen molar-refractivity contribution < 1.29 is 0 Å². The normalized spacial score (nSPS) is 15.0. The van der Waals surface area contributed by atoms with Gasteiger partial charge in [0.15, 0.2) is 0 Å². The van der Waals surface area contributed by atoms with Gasteiger partial charge in [-0.05, 0) is 12.5 Å². The highest BCUT2D eigenvalue weighted by atomic mass is 15.1. The largest absolute Gasteiger partial charge is 0.318 e. The third-order valence-electron chi connectivity index (χ3n) is 2.47. The van der Waals surface area contributed by atoms with Crippen LogP contribution in [-0.2, 0) is 5.54 Å². The van der Waals surface area contributed by atoms with Gasteiger partial charge in [-0.25, -0.2) is 0 Å². The van der Waals surface area contributed by atoms with E-state index in [0.717, 1.165) is 11.1 Å². The number of nitrogens with two attached hydrogens (primary N) is 1. The highest BCUT2D eigenvalue weighted by molar-refractivity contribution is 5.34. The van der Waals surface area contributed by atoms with Crippen molar-refractivity contribution in [1.82, 2.24) is 10.2 Å². The maximum atomic E-state index is 6.24. The predicted octanol–water partition coefficient (Wildman–Crippen LogP) is 1.63. The molecule has 0 spiro atoms. The van der Waals surface area contributed by atoms with Crippen molar-refractivity contribution in [1.29, 1.82) is 0 Å². The zero-order valence-electron chi connectivity index (χ0n) is 8.07. The van der Waals surface area contributed by atoms with Crippen molar-refractivity contribution in [2.24, 2.45) is 5.73 Å². The lowest BCUT2D eigenvalue weighted by Crippen LogP contribution is -2.33. The zero-order valence-corrected chi connectivity index (χ0v) is 8.07. The fourth-order valence-corrected chi connectivity index (χ4v) is 1.49. The van der Waals surface area contributed by atoms with Gasteiger partial charge in [-0.1, -0.05) is 30.3 Å². The molecule has 2 rings (SSSR count). The molecule has 3 N–H and O–H groups in total. The number of aromatic amines is 1. The molecule has 1 heterocycles. The topological polar surface area (TPSA) is 54.7 Å². The minimum Gasteiger partial charge on any atom is -0.318 e. The van der Waals surface area contributed by atoms with Crippen LogP contribution in [0.4, 0.5) is 0 Å². The molecule has 2 aromatic rings. The summed E-state index contributed by atoms with van der Waals surface area (Å²) in [5, 5.41) is 6.68. The summed E-state index contributed by atoms with van der Waals surface area (Å²) in [6.07, 6.45) is 3.58. The first kappa shape index (κ1) is 8.97. The summed E-state index contributed by atoms with van der Waals surface area (Å²) in [4.78, 5) is 0. The summed E-state index contributed by atoms with van der Waals surface area (Å²) in [7, 11) is 0. The van der Waals surface area contributed by atoms with E-state index in [-0.39, 0.29) is 0 Å². The second-order valence-corrected chi connectivity index (χ2v) is 3.56. The number of hydrogen-bond donors (Lipinski definition) is 2. The van der Waals surface area contributed by atoms with Gasteiger partial charge in [-0.2, -0.15) is 5.10 Å². The molecule has 0 radical (unpaired) electrons. The molecular formula is C11H13N3. The molecule has 0 amide bonds. The first-order valence-electron chi connectivity index (χ1n) is 4.55. The standard InChI is InChI=1S/C11H13N3/c1-11(12,10-7-13-14-8-10)9-5-3-2-4-6-9/h2-8H,12H2,1H3,(H,13,14). The molecule has 0 aliphatic carbocycles. The van der Waals surface area contributed by atoms with E-state index < -0.39 is 5.54 Å². The van der Waals surface area contributed by atoms with Gasteiger partial charge in [0.25, 0.3) is 0 Å². The van der Waals surface area contributed by atoms with Crippen LogP contribution in [0.25, 0.3) is 0 Å². The predicted molar refractivity (Wildman–Crippen MR) is 55.7 cm³/mol. The Morgan fingerprint density at radius 2 is 1.93 bits per heavy atom. The van der Waals surface area contributed by atoms with E-state index in [1.165, 1.54) is 0 Å². The van der Waals surface area contributed by atoms with E-state index in [4.69, 9.17) is 5.73 Å². The second-order valence-electron chi connectivity index (χ2n) is 3.56. The van der Waals surface area contributed by atoms with Crippen LogP contribution in [0.15, 0.2) is 42.7 Å². The Morgan fingerprint density at radius 3 is 2.50 bits per heavy atom. The van der Waals surface area contributed by atoms with Gasteiger partial charge >= 0.3 is 0 Å². The van der Waals surface area contributed by atoms with E-state index in [0.29, 0.717) is 0 Å². The van der Waals surface area contributed by atoms with Crippen LogP contribution in [0.2, 0.25) is 0 Å². The Hall–Kier alpha value is -1.61. The number of nitrogens with zero attached hydrogens (tertiary/aromatic N) is 1. The van der Waals surface area contributed by atoms with Gasteiger partial charge in [-0.15, -0.1) is 0 Å². The van der Waals surface area contributed by atoms with Gasteiger partial charge in [-0.3, -0.25) is 5.10 Å². The number of aromatic nitrogens is 2.